The molecule has 0 radical (unpaired) electrons. The maximum absolute atomic E-state index is 11.4. The SMILES string of the molecule is CC(C)(C)OC(=O)C[C@@H](O)C#Cc1ccccc1. The van der Waals surface area contributed by atoms with Crippen LogP contribution in [0.4, 0.5) is 0 Å². The van der Waals surface area contributed by atoms with Crippen LogP contribution in [0.25, 0.3) is 0 Å². The van der Waals surface area contributed by atoms with Gasteiger partial charge >= 0.3 is 5.97 Å². The van der Waals surface area contributed by atoms with E-state index in [0.717, 1.165) is 5.56 Å². The van der Waals surface area contributed by atoms with Gasteiger partial charge in [0.2, 0.25) is 0 Å². The highest BCUT2D eigenvalue weighted by atomic mass is 16.6. The number of carbonyl (C=O) groups excluding carboxylic acids is 1. The molecule has 0 amide bonds. The highest BCUT2D eigenvalue weighted by Gasteiger charge is 2.18. The Balaban J connectivity index is 2.50. The zero-order valence-corrected chi connectivity index (χ0v) is 10.9. The van der Waals surface area contributed by atoms with Gasteiger partial charge in [0, 0.05) is 5.56 Å². The predicted molar refractivity (Wildman–Crippen MR) is 69.8 cm³/mol. The summed E-state index contributed by atoms with van der Waals surface area (Å²) in [6, 6.07) is 9.30. The van der Waals surface area contributed by atoms with Gasteiger partial charge in [0.25, 0.3) is 0 Å². The van der Waals surface area contributed by atoms with Crippen LogP contribution in [0.5, 0.6) is 0 Å². The van der Waals surface area contributed by atoms with Crippen molar-refractivity contribution in [3.63, 3.8) is 0 Å². The van der Waals surface area contributed by atoms with Gasteiger partial charge in [-0.05, 0) is 32.9 Å². The summed E-state index contributed by atoms with van der Waals surface area (Å²) in [4.78, 5) is 11.4. The Morgan fingerprint density at radius 1 is 1.33 bits per heavy atom. The van der Waals surface area contributed by atoms with Crippen LogP contribution < -0.4 is 0 Å². The van der Waals surface area contributed by atoms with Crippen molar-refractivity contribution in [1.29, 1.82) is 0 Å². The molecular weight excluding hydrogens is 228 g/mol. The summed E-state index contributed by atoms with van der Waals surface area (Å²) < 4.78 is 5.09. The minimum Gasteiger partial charge on any atom is -0.460 e. The molecule has 1 rings (SSSR count). The zero-order valence-electron chi connectivity index (χ0n) is 10.9. The van der Waals surface area contributed by atoms with Gasteiger partial charge in [-0.25, -0.2) is 0 Å². The Labute approximate surface area is 108 Å². The van der Waals surface area contributed by atoms with E-state index < -0.39 is 17.7 Å². The van der Waals surface area contributed by atoms with Crippen LogP contribution in [-0.2, 0) is 9.53 Å². The lowest BCUT2D eigenvalue weighted by molar-refractivity contribution is -0.156. The number of hydrogen-bond acceptors (Lipinski definition) is 3. The average molecular weight is 246 g/mol. The van der Waals surface area contributed by atoms with Gasteiger partial charge in [0.15, 0.2) is 0 Å². The largest absolute Gasteiger partial charge is 0.460 e. The highest BCUT2D eigenvalue weighted by molar-refractivity contribution is 5.71. The first-order valence-electron chi connectivity index (χ1n) is 5.83. The minimum atomic E-state index is -1.000. The van der Waals surface area contributed by atoms with Crippen LogP contribution in [-0.4, -0.2) is 22.8 Å². The zero-order chi connectivity index (χ0) is 13.6. The molecule has 1 aromatic rings. The van der Waals surface area contributed by atoms with Crippen LogP contribution in [0.1, 0.15) is 32.8 Å². The molecule has 1 atom stereocenters. The van der Waals surface area contributed by atoms with Gasteiger partial charge in [-0.1, -0.05) is 30.0 Å². The summed E-state index contributed by atoms with van der Waals surface area (Å²) in [6.07, 6.45) is -1.11. The molecule has 0 saturated heterocycles. The fraction of sp³-hybridized carbons (Fsp3) is 0.400. The minimum absolute atomic E-state index is 0.114. The van der Waals surface area contributed by atoms with Crippen LogP contribution in [0.2, 0.25) is 0 Å². The van der Waals surface area contributed by atoms with Crippen LogP contribution >= 0.6 is 0 Å². The van der Waals surface area contributed by atoms with Crippen molar-refractivity contribution < 1.29 is 14.6 Å². The average Bonchev–Trinajstić information content (AvgIpc) is 2.25. The Hall–Kier alpha value is -1.79. The molecule has 3 heteroatoms. The number of aliphatic hydroxyl groups excluding tert-OH is 1. The fourth-order valence-corrected chi connectivity index (χ4v) is 1.28. The molecule has 0 saturated carbocycles. The third-order valence-electron chi connectivity index (χ3n) is 1.94. The number of rotatable bonds is 2. The van der Waals surface area contributed by atoms with Crippen molar-refractivity contribution in [3.8, 4) is 11.8 Å². The first kappa shape index (κ1) is 14.3. The van der Waals surface area contributed by atoms with Crippen molar-refractivity contribution in [2.75, 3.05) is 0 Å². The molecule has 0 aromatic heterocycles. The molecule has 1 aromatic carbocycles. The molecule has 0 heterocycles. The first-order chi connectivity index (χ1) is 8.37. The quantitative estimate of drug-likeness (QED) is 0.642. The molecule has 0 aliphatic carbocycles. The van der Waals surface area contributed by atoms with Crippen molar-refractivity contribution in [2.24, 2.45) is 0 Å². The summed E-state index contributed by atoms with van der Waals surface area (Å²) in [5.74, 6) is 4.98. The van der Waals surface area contributed by atoms with Gasteiger partial charge in [-0.15, -0.1) is 0 Å². The van der Waals surface area contributed by atoms with Gasteiger partial charge < -0.3 is 9.84 Å². The highest BCUT2D eigenvalue weighted by Crippen LogP contribution is 2.09. The second-order valence-electron chi connectivity index (χ2n) is 4.94. The van der Waals surface area contributed by atoms with Crippen molar-refractivity contribution >= 4 is 5.97 Å². The third-order valence-corrected chi connectivity index (χ3v) is 1.94. The molecule has 3 nitrogen and oxygen atoms in total. The summed E-state index contributed by atoms with van der Waals surface area (Å²) in [5, 5.41) is 9.60. The molecule has 0 fully saturated rings. The van der Waals surface area contributed by atoms with Gasteiger partial charge in [-0.3, -0.25) is 4.79 Å². The smallest absolute Gasteiger partial charge is 0.309 e. The number of benzene rings is 1. The van der Waals surface area contributed by atoms with E-state index in [9.17, 15) is 9.90 Å². The second-order valence-corrected chi connectivity index (χ2v) is 4.94. The third kappa shape index (κ3) is 6.07. The molecule has 0 aliphatic heterocycles. The van der Waals surface area contributed by atoms with Gasteiger partial charge in [-0.2, -0.15) is 0 Å². The van der Waals surface area contributed by atoms with E-state index >= 15 is 0 Å². The van der Waals surface area contributed by atoms with E-state index in [-0.39, 0.29) is 6.42 Å². The Bertz CT molecular complexity index is 446. The van der Waals surface area contributed by atoms with Crippen molar-refractivity contribution in [2.45, 2.75) is 38.9 Å². The fourth-order valence-electron chi connectivity index (χ4n) is 1.28. The van der Waals surface area contributed by atoms with E-state index in [1.54, 1.807) is 20.8 Å². The van der Waals surface area contributed by atoms with E-state index in [4.69, 9.17) is 4.74 Å². The van der Waals surface area contributed by atoms with Crippen LogP contribution in [0.15, 0.2) is 30.3 Å². The molecular formula is C15H18O3. The Morgan fingerprint density at radius 3 is 2.50 bits per heavy atom. The summed E-state index contributed by atoms with van der Waals surface area (Å²) in [6.45, 7) is 5.35. The van der Waals surface area contributed by atoms with Gasteiger partial charge in [0.05, 0.1) is 6.42 Å². The first-order valence-corrected chi connectivity index (χ1v) is 5.83. The topological polar surface area (TPSA) is 46.5 Å². The molecule has 18 heavy (non-hydrogen) atoms. The maximum Gasteiger partial charge on any atom is 0.309 e. The number of hydrogen-bond donors (Lipinski definition) is 1. The molecule has 0 bridgehead atoms. The lowest BCUT2D eigenvalue weighted by Gasteiger charge is -2.19. The predicted octanol–water partition coefficient (Wildman–Crippen LogP) is 2.13. The number of esters is 1. The Kier molecular flexibility index (Phi) is 4.94. The van der Waals surface area contributed by atoms with E-state index in [2.05, 4.69) is 11.8 Å². The summed E-state index contributed by atoms with van der Waals surface area (Å²) in [5.41, 5.74) is 0.268. The molecule has 0 aliphatic rings. The number of ether oxygens (including phenoxy) is 1. The van der Waals surface area contributed by atoms with E-state index in [0.29, 0.717) is 0 Å². The van der Waals surface area contributed by atoms with Crippen LogP contribution in [0, 0.1) is 11.8 Å². The molecule has 96 valence electrons. The number of carbonyl (C=O) groups is 1. The molecule has 0 unspecified atom stereocenters. The Morgan fingerprint density at radius 2 is 1.94 bits per heavy atom. The molecule has 0 spiro atoms. The lowest BCUT2D eigenvalue weighted by atomic mass is 10.2. The summed E-state index contributed by atoms with van der Waals surface area (Å²) >= 11 is 0. The second kappa shape index (κ2) is 6.23. The number of aliphatic hydroxyl groups is 1. The lowest BCUT2D eigenvalue weighted by Crippen LogP contribution is -2.26. The van der Waals surface area contributed by atoms with Crippen molar-refractivity contribution in [3.05, 3.63) is 35.9 Å². The van der Waals surface area contributed by atoms with Crippen molar-refractivity contribution in [1.82, 2.24) is 0 Å². The molecule has 1 N–H and O–H groups in total. The van der Waals surface area contributed by atoms with Crippen LogP contribution in [0.3, 0.4) is 0 Å². The van der Waals surface area contributed by atoms with Gasteiger partial charge in [0.1, 0.15) is 11.7 Å². The van der Waals surface area contributed by atoms with E-state index in [1.807, 2.05) is 30.3 Å². The normalized spacial score (nSPS) is 12.2. The summed E-state index contributed by atoms with van der Waals surface area (Å²) in [7, 11) is 0. The standard InChI is InChI=1S/C15H18O3/c1-15(2,3)18-14(17)11-13(16)10-9-12-7-5-4-6-8-12/h4-8,13,16H,11H2,1-3H3/t13-/m0/s1. The monoisotopic (exact) mass is 246 g/mol. The van der Waals surface area contributed by atoms with E-state index in [1.165, 1.54) is 0 Å². The maximum atomic E-state index is 11.4.